The summed E-state index contributed by atoms with van der Waals surface area (Å²) in [5, 5.41) is 7.15. The van der Waals surface area contributed by atoms with Crippen LogP contribution >= 0.6 is 0 Å². The van der Waals surface area contributed by atoms with Crippen molar-refractivity contribution in [2.75, 3.05) is 7.05 Å². The minimum Gasteiger partial charge on any atom is -0.334 e. The number of carbonyl (C=O) groups excluding carboxylic acids is 1. The highest BCUT2D eigenvalue weighted by atomic mass is 16.2. The van der Waals surface area contributed by atoms with Crippen LogP contribution in [0.5, 0.6) is 0 Å². The van der Waals surface area contributed by atoms with E-state index in [2.05, 4.69) is 45.5 Å². The molecular formula is C20H26N6O. The van der Waals surface area contributed by atoms with Gasteiger partial charge in [0, 0.05) is 31.6 Å². The van der Waals surface area contributed by atoms with E-state index < -0.39 is 0 Å². The number of amides is 1. The molecule has 0 atom stereocenters. The Labute approximate surface area is 159 Å². The van der Waals surface area contributed by atoms with E-state index >= 15 is 0 Å². The smallest absolute Gasteiger partial charge is 0.274 e. The summed E-state index contributed by atoms with van der Waals surface area (Å²) in [6, 6.07) is 5.81. The first-order chi connectivity index (χ1) is 13.0. The molecule has 7 nitrogen and oxygen atoms in total. The average Bonchev–Trinajstić information content (AvgIpc) is 3.31. The number of rotatable bonds is 7. The number of carbonyl (C=O) groups is 1. The molecule has 3 aromatic heterocycles. The Balaban J connectivity index is 1.65. The van der Waals surface area contributed by atoms with Crippen molar-refractivity contribution in [2.45, 2.75) is 46.2 Å². The van der Waals surface area contributed by atoms with Crippen LogP contribution in [0.15, 0.2) is 36.8 Å². The van der Waals surface area contributed by atoms with Gasteiger partial charge in [-0.25, -0.2) is 4.98 Å². The van der Waals surface area contributed by atoms with Crippen LogP contribution in [0.25, 0.3) is 0 Å². The number of imidazole rings is 1. The fraction of sp³-hybridized carbons (Fsp3) is 0.400. The van der Waals surface area contributed by atoms with Gasteiger partial charge in [0.25, 0.3) is 5.91 Å². The lowest BCUT2D eigenvalue weighted by molar-refractivity contribution is 0.0777. The van der Waals surface area contributed by atoms with Gasteiger partial charge in [0.2, 0.25) is 0 Å². The van der Waals surface area contributed by atoms with Gasteiger partial charge in [-0.2, -0.15) is 5.10 Å². The normalized spacial score (nSPS) is 11.1. The van der Waals surface area contributed by atoms with Gasteiger partial charge in [-0.1, -0.05) is 26.8 Å². The minimum absolute atomic E-state index is 0.131. The van der Waals surface area contributed by atoms with Crippen molar-refractivity contribution >= 4 is 5.91 Å². The molecule has 27 heavy (non-hydrogen) atoms. The highest BCUT2D eigenvalue weighted by Gasteiger charge is 2.17. The van der Waals surface area contributed by atoms with Gasteiger partial charge in [-0.3, -0.25) is 14.9 Å². The van der Waals surface area contributed by atoms with Crippen LogP contribution in [0, 0.1) is 0 Å². The third-order valence-corrected chi connectivity index (χ3v) is 4.49. The van der Waals surface area contributed by atoms with E-state index in [1.165, 1.54) is 5.56 Å². The zero-order chi connectivity index (χ0) is 19.4. The Kier molecular flexibility index (Phi) is 5.69. The summed E-state index contributed by atoms with van der Waals surface area (Å²) in [6.45, 7) is 7.37. The zero-order valence-electron chi connectivity index (χ0n) is 16.3. The Bertz CT molecular complexity index is 893. The first-order valence-electron chi connectivity index (χ1n) is 9.22. The summed E-state index contributed by atoms with van der Waals surface area (Å²) in [5.74, 6) is 1.21. The van der Waals surface area contributed by atoms with Crippen molar-refractivity contribution in [2.24, 2.45) is 0 Å². The van der Waals surface area contributed by atoms with E-state index in [9.17, 15) is 4.79 Å². The fourth-order valence-electron chi connectivity index (χ4n) is 2.96. The van der Waals surface area contributed by atoms with Crippen molar-refractivity contribution in [3.63, 3.8) is 0 Å². The molecule has 3 heterocycles. The molecular weight excluding hydrogens is 340 g/mol. The van der Waals surface area contributed by atoms with Crippen LogP contribution < -0.4 is 0 Å². The van der Waals surface area contributed by atoms with Gasteiger partial charge in [-0.05, 0) is 24.1 Å². The van der Waals surface area contributed by atoms with Crippen molar-refractivity contribution in [1.29, 1.82) is 0 Å². The molecule has 0 saturated carbocycles. The Morgan fingerprint density at radius 3 is 2.78 bits per heavy atom. The van der Waals surface area contributed by atoms with Gasteiger partial charge in [0.15, 0.2) is 0 Å². The number of aryl methyl sites for hydroxylation is 1. The SMILES string of the molecule is CCc1ccc(CN(C)C(=O)c2cc(Cn3ccnc3C(C)C)[nH]n2)nc1. The van der Waals surface area contributed by atoms with Crippen LogP contribution in [0.4, 0.5) is 0 Å². The van der Waals surface area contributed by atoms with E-state index in [0.717, 1.165) is 23.6 Å². The molecule has 0 aliphatic rings. The largest absolute Gasteiger partial charge is 0.334 e. The standard InChI is InChI=1S/C20H26N6O/c1-5-15-6-7-16(22-11-15)12-25(4)20(27)18-10-17(23-24-18)13-26-9-8-21-19(26)14(2)3/h6-11,14H,5,12-13H2,1-4H3,(H,23,24). The van der Waals surface area contributed by atoms with Crippen LogP contribution in [0.2, 0.25) is 0 Å². The van der Waals surface area contributed by atoms with Crippen molar-refractivity contribution in [1.82, 2.24) is 29.6 Å². The lowest BCUT2D eigenvalue weighted by atomic mass is 10.2. The molecule has 0 fully saturated rings. The Morgan fingerprint density at radius 2 is 2.11 bits per heavy atom. The number of nitrogens with zero attached hydrogens (tertiary/aromatic N) is 5. The molecule has 0 radical (unpaired) electrons. The van der Waals surface area contributed by atoms with Gasteiger partial charge >= 0.3 is 0 Å². The first kappa shape index (κ1) is 18.8. The number of hydrogen-bond donors (Lipinski definition) is 1. The maximum atomic E-state index is 12.7. The topological polar surface area (TPSA) is 79.7 Å². The van der Waals surface area contributed by atoms with Crippen LogP contribution in [0.1, 0.15) is 60.0 Å². The second-order valence-corrected chi connectivity index (χ2v) is 7.02. The summed E-state index contributed by atoms with van der Waals surface area (Å²) in [6.07, 6.45) is 6.54. The van der Waals surface area contributed by atoms with Crippen LogP contribution in [-0.4, -0.2) is 42.6 Å². The zero-order valence-corrected chi connectivity index (χ0v) is 16.3. The first-order valence-corrected chi connectivity index (χ1v) is 9.22. The molecule has 1 amide bonds. The molecule has 3 rings (SSSR count). The highest BCUT2D eigenvalue weighted by molar-refractivity contribution is 5.92. The van der Waals surface area contributed by atoms with E-state index in [4.69, 9.17) is 0 Å². The van der Waals surface area contributed by atoms with Crippen molar-refractivity contribution in [3.8, 4) is 0 Å². The minimum atomic E-state index is -0.131. The molecule has 7 heteroatoms. The van der Waals surface area contributed by atoms with Crippen molar-refractivity contribution in [3.05, 3.63) is 65.3 Å². The molecule has 0 aromatic carbocycles. The van der Waals surface area contributed by atoms with E-state index in [1.54, 1.807) is 24.2 Å². The van der Waals surface area contributed by atoms with Gasteiger partial charge in [-0.15, -0.1) is 0 Å². The highest BCUT2D eigenvalue weighted by Crippen LogP contribution is 2.14. The maximum absolute atomic E-state index is 12.7. The molecule has 0 bridgehead atoms. The summed E-state index contributed by atoms with van der Waals surface area (Å²) in [7, 11) is 1.76. The third-order valence-electron chi connectivity index (χ3n) is 4.49. The number of aromatic amines is 1. The number of H-pyrrole nitrogens is 1. The number of nitrogens with one attached hydrogen (secondary N) is 1. The Hall–Kier alpha value is -2.96. The second kappa shape index (κ2) is 8.16. The summed E-state index contributed by atoms with van der Waals surface area (Å²) < 4.78 is 2.06. The lowest BCUT2D eigenvalue weighted by Gasteiger charge is -2.15. The van der Waals surface area contributed by atoms with Crippen LogP contribution in [0.3, 0.4) is 0 Å². The number of aromatic nitrogens is 5. The summed E-state index contributed by atoms with van der Waals surface area (Å²) in [5.41, 5.74) is 3.32. The van der Waals surface area contributed by atoms with E-state index in [1.807, 2.05) is 24.5 Å². The number of hydrogen-bond acceptors (Lipinski definition) is 4. The maximum Gasteiger partial charge on any atom is 0.274 e. The molecule has 0 aliphatic heterocycles. The summed E-state index contributed by atoms with van der Waals surface area (Å²) >= 11 is 0. The molecule has 0 unspecified atom stereocenters. The quantitative estimate of drug-likeness (QED) is 0.697. The molecule has 3 aromatic rings. The predicted molar refractivity (Wildman–Crippen MR) is 103 cm³/mol. The number of pyridine rings is 1. The van der Waals surface area contributed by atoms with Crippen molar-refractivity contribution < 1.29 is 4.79 Å². The van der Waals surface area contributed by atoms with E-state index in [0.29, 0.717) is 24.7 Å². The monoisotopic (exact) mass is 366 g/mol. The summed E-state index contributed by atoms with van der Waals surface area (Å²) in [4.78, 5) is 23.1. The predicted octanol–water partition coefficient (Wildman–Crippen LogP) is 3.01. The van der Waals surface area contributed by atoms with Gasteiger partial charge in [0.05, 0.1) is 24.5 Å². The van der Waals surface area contributed by atoms with Gasteiger partial charge in [0.1, 0.15) is 11.5 Å². The Morgan fingerprint density at radius 1 is 1.30 bits per heavy atom. The van der Waals surface area contributed by atoms with Crippen LogP contribution in [-0.2, 0) is 19.5 Å². The average molecular weight is 366 g/mol. The molecule has 0 aliphatic carbocycles. The van der Waals surface area contributed by atoms with Gasteiger partial charge < -0.3 is 9.47 Å². The molecule has 1 N–H and O–H groups in total. The van der Waals surface area contributed by atoms with E-state index in [-0.39, 0.29) is 5.91 Å². The lowest BCUT2D eigenvalue weighted by Crippen LogP contribution is -2.27. The molecule has 0 spiro atoms. The molecule has 142 valence electrons. The molecule has 0 saturated heterocycles. The fourth-order valence-corrected chi connectivity index (χ4v) is 2.96. The second-order valence-electron chi connectivity index (χ2n) is 7.02. The third kappa shape index (κ3) is 4.42.